The predicted molar refractivity (Wildman–Crippen MR) is 145 cm³/mol. The largest absolute Gasteiger partial charge is 0.481 e. The van der Waals surface area contributed by atoms with Gasteiger partial charge in [-0.05, 0) is 37.5 Å². The summed E-state index contributed by atoms with van der Waals surface area (Å²) in [5, 5.41) is 14.7. The molecule has 2 N–H and O–H groups in total. The Bertz CT molecular complexity index is 1210. The van der Waals surface area contributed by atoms with Crippen molar-refractivity contribution in [2.45, 2.75) is 44.8 Å². The molecule has 0 aliphatic carbocycles. The molecule has 2 unspecified atom stereocenters. The first-order chi connectivity index (χ1) is 18.4. The van der Waals surface area contributed by atoms with E-state index in [0.29, 0.717) is 64.8 Å². The number of hydrogen-bond acceptors (Lipinski definition) is 9. The van der Waals surface area contributed by atoms with Crippen LogP contribution in [-0.2, 0) is 19.1 Å². The van der Waals surface area contributed by atoms with Gasteiger partial charge in [0.1, 0.15) is 11.9 Å². The molecule has 0 radical (unpaired) electrons. The number of esters is 1. The molecule has 12 heteroatoms. The van der Waals surface area contributed by atoms with Crippen molar-refractivity contribution in [3.05, 3.63) is 61.9 Å². The summed E-state index contributed by atoms with van der Waals surface area (Å²) >= 11 is 4.88. The molecule has 1 saturated heterocycles. The Morgan fingerprint density at radius 1 is 1.37 bits per heavy atom. The van der Waals surface area contributed by atoms with E-state index in [0.717, 1.165) is 12.8 Å². The van der Waals surface area contributed by atoms with Crippen LogP contribution in [-0.4, -0.2) is 71.7 Å². The molecule has 0 amide bonds. The van der Waals surface area contributed by atoms with Gasteiger partial charge in [-0.1, -0.05) is 28.4 Å². The third-order valence-corrected chi connectivity index (χ3v) is 7.75. The van der Waals surface area contributed by atoms with E-state index < -0.39 is 23.8 Å². The standard InChI is InChI=1S/C26H30BrFN4O5S/c1-2-36-26(35)22-20(15-32-10-11-37-17(14-32)5-3-4-6-21(33)34)30-24(25-29-9-12-38-25)31-23(22)18-8-7-16(28)13-19(18)27/h7-9,12-13,17,23H,2-6,10-11,14-15H2,1H3,(H,30,31)(H,33,34). The number of aliphatic imine (C=N–C) groups is 1. The van der Waals surface area contributed by atoms with Crippen LogP contribution in [0, 0.1) is 5.82 Å². The minimum atomic E-state index is -0.793. The number of amidine groups is 1. The maximum Gasteiger partial charge on any atom is 0.338 e. The molecular weight excluding hydrogens is 579 g/mol. The highest BCUT2D eigenvalue weighted by molar-refractivity contribution is 9.10. The maximum absolute atomic E-state index is 13.9. The zero-order valence-electron chi connectivity index (χ0n) is 21.0. The molecule has 0 spiro atoms. The summed E-state index contributed by atoms with van der Waals surface area (Å²) in [4.78, 5) is 35.6. The van der Waals surface area contributed by atoms with Gasteiger partial charge in [-0.25, -0.2) is 14.2 Å². The van der Waals surface area contributed by atoms with E-state index >= 15 is 0 Å². The zero-order valence-corrected chi connectivity index (χ0v) is 23.4. The van der Waals surface area contributed by atoms with Crippen LogP contribution in [0.15, 0.2) is 50.5 Å². The van der Waals surface area contributed by atoms with Gasteiger partial charge in [-0.15, -0.1) is 11.3 Å². The molecule has 9 nitrogen and oxygen atoms in total. The smallest absolute Gasteiger partial charge is 0.338 e. The summed E-state index contributed by atoms with van der Waals surface area (Å²) in [6.07, 6.45) is 3.95. The molecule has 2 aromatic rings. The van der Waals surface area contributed by atoms with Crippen LogP contribution in [0.3, 0.4) is 0 Å². The molecule has 1 fully saturated rings. The molecule has 4 rings (SSSR count). The lowest BCUT2D eigenvalue weighted by atomic mass is 9.95. The number of halogens is 2. The number of hydrogen-bond donors (Lipinski definition) is 2. The average Bonchev–Trinajstić information content (AvgIpc) is 3.42. The average molecular weight is 610 g/mol. The molecule has 1 aromatic heterocycles. The van der Waals surface area contributed by atoms with Crippen LogP contribution in [0.4, 0.5) is 4.39 Å². The summed E-state index contributed by atoms with van der Waals surface area (Å²) in [6, 6.07) is 3.60. The van der Waals surface area contributed by atoms with Gasteiger partial charge in [0, 0.05) is 47.8 Å². The summed E-state index contributed by atoms with van der Waals surface area (Å²) in [5.74, 6) is -1.15. The molecule has 204 valence electrons. The van der Waals surface area contributed by atoms with E-state index in [1.165, 1.54) is 23.5 Å². The van der Waals surface area contributed by atoms with E-state index in [4.69, 9.17) is 19.6 Å². The topological polar surface area (TPSA) is 113 Å². The fourth-order valence-electron chi connectivity index (χ4n) is 4.54. The third-order valence-electron chi connectivity index (χ3n) is 6.28. The minimum absolute atomic E-state index is 0.0260. The number of rotatable bonds is 11. The molecule has 2 atom stereocenters. The van der Waals surface area contributed by atoms with E-state index in [1.54, 1.807) is 19.2 Å². The van der Waals surface area contributed by atoms with Crippen molar-refractivity contribution in [3.8, 4) is 0 Å². The number of nitrogens with zero attached hydrogens (tertiary/aromatic N) is 3. The highest BCUT2D eigenvalue weighted by Crippen LogP contribution is 2.37. The lowest BCUT2D eigenvalue weighted by molar-refractivity contribution is -0.139. The minimum Gasteiger partial charge on any atom is -0.481 e. The van der Waals surface area contributed by atoms with E-state index in [2.05, 4.69) is 31.1 Å². The van der Waals surface area contributed by atoms with Crippen LogP contribution in [0.5, 0.6) is 0 Å². The molecule has 38 heavy (non-hydrogen) atoms. The van der Waals surface area contributed by atoms with E-state index in [9.17, 15) is 14.0 Å². The first-order valence-corrected chi connectivity index (χ1v) is 14.2. The molecule has 3 heterocycles. The number of thiazole rings is 1. The Labute approximate surface area is 232 Å². The second kappa shape index (κ2) is 13.4. The second-order valence-corrected chi connectivity index (χ2v) is 10.7. The fourth-order valence-corrected chi connectivity index (χ4v) is 5.69. The fraction of sp³-hybridized carbons (Fsp3) is 0.462. The number of carbonyl (C=O) groups is 2. The van der Waals surface area contributed by atoms with E-state index in [-0.39, 0.29) is 19.1 Å². The Morgan fingerprint density at radius 2 is 2.21 bits per heavy atom. The highest BCUT2D eigenvalue weighted by Gasteiger charge is 2.35. The maximum atomic E-state index is 13.9. The third kappa shape index (κ3) is 7.25. The number of aliphatic carboxylic acids is 1. The van der Waals surface area contributed by atoms with Crippen molar-refractivity contribution in [1.82, 2.24) is 15.2 Å². The number of ether oxygens (including phenoxy) is 2. The first kappa shape index (κ1) is 28.3. The van der Waals surface area contributed by atoms with Gasteiger partial charge in [0.2, 0.25) is 0 Å². The Kier molecular flexibility index (Phi) is 10.0. The number of carboxylic acid groups (broad SMARTS) is 1. The number of carbonyl (C=O) groups excluding carboxylic acids is 1. The molecular formula is C26H30BrFN4O5S. The SMILES string of the molecule is CCOC(=O)C1=C(CN2CCOC(CCCCC(=O)O)C2)NC(c2nccs2)=NC1c1ccc(F)cc1Br. The molecule has 2 aliphatic rings. The van der Waals surface area contributed by atoms with Crippen molar-refractivity contribution in [1.29, 1.82) is 0 Å². The van der Waals surface area contributed by atoms with Gasteiger partial charge < -0.3 is 19.9 Å². The monoisotopic (exact) mass is 608 g/mol. The Morgan fingerprint density at radius 3 is 2.92 bits per heavy atom. The number of carboxylic acids is 1. The second-order valence-electron chi connectivity index (χ2n) is 8.99. The highest BCUT2D eigenvalue weighted by atomic mass is 79.9. The number of benzene rings is 1. The lowest BCUT2D eigenvalue weighted by Crippen LogP contribution is -2.46. The normalized spacial score (nSPS) is 20.1. The summed E-state index contributed by atoms with van der Waals surface area (Å²) in [5.41, 5.74) is 1.65. The van der Waals surface area contributed by atoms with Crippen molar-refractivity contribution in [2.75, 3.05) is 32.8 Å². The lowest BCUT2D eigenvalue weighted by Gasteiger charge is -2.35. The van der Waals surface area contributed by atoms with Crippen molar-refractivity contribution < 1.29 is 28.6 Å². The van der Waals surface area contributed by atoms with Crippen LogP contribution in [0.2, 0.25) is 0 Å². The van der Waals surface area contributed by atoms with Crippen molar-refractivity contribution >= 4 is 45.0 Å². The first-order valence-electron chi connectivity index (χ1n) is 12.5. The Hall–Kier alpha value is -2.67. The van der Waals surface area contributed by atoms with Crippen molar-refractivity contribution in [2.24, 2.45) is 4.99 Å². The molecule has 2 aliphatic heterocycles. The van der Waals surface area contributed by atoms with Crippen LogP contribution in [0.25, 0.3) is 0 Å². The molecule has 0 bridgehead atoms. The summed E-state index contributed by atoms with van der Waals surface area (Å²) < 4.78 is 25.8. The summed E-state index contributed by atoms with van der Waals surface area (Å²) in [7, 11) is 0. The van der Waals surface area contributed by atoms with Gasteiger partial charge in [0.25, 0.3) is 0 Å². The van der Waals surface area contributed by atoms with Gasteiger partial charge in [0.05, 0.1) is 24.9 Å². The van der Waals surface area contributed by atoms with Crippen LogP contribution in [0.1, 0.15) is 49.2 Å². The predicted octanol–water partition coefficient (Wildman–Crippen LogP) is 4.30. The number of aromatic nitrogens is 1. The van der Waals surface area contributed by atoms with Crippen molar-refractivity contribution in [3.63, 3.8) is 0 Å². The van der Waals surface area contributed by atoms with Crippen LogP contribution >= 0.6 is 27.3 Å². The molecule has 1 aromatic carbocycles. The Balaban J connectivity index is 1.63. The van der Waals surface area contributed by atoms with Gasteiger partial charge >= 0.3 is 11.9 Å². The summed E-state index contributed by atoms with van der Waals surface area (Å²) in [6.45, 7) is 4.21. The number of unbranched alkanes of at least 4 members (excludes halogenated alkanes) is 1. The zero-order chi connectivity index (χ0) is 27.1. The van der Waals surface area contributed by atoms with Crippen LogP contribution < -0.4 is 5.32 Å². The van der Waals surface area contributed by atoms with Gasteiger partial charge in [-0.3, -0.25) is 14.7 Å². The molecule has 0 saturated carbocycles. The number of nitrogens with one attached hydrogen (secondary N) is 1. The quantitative estimate of drug-likeness (QED) is 0.287. The van der Waals surface area contributed by atoms with Gasteiger partial charge in [0.15, 0.2) is 10.8 Å². The van der Waals surface area contributed by atoms with E-state index in [1.807, 2.05) is 5.38 Å². The van der Waals surface area contributed by atoms with Gasteiger partial charge in [-0.2, -0.15) is 0 Å². The number of morpholine rings is 1.